The summed E-state index contributed by atoms with van der Waals surface area (Å²) in [5.41, 5.74) is 3.57. The average Bonchev–Trinajstić information content (AvgIpc) is 3.32. The van der Waals surface area contributed by atoms with Crippen molar-refractivity contribution < 1.29 is 9.53 Å². The summed E-state index contributed by atoms with van der Waals surface area (Å²) in [5, 5.41) is 8.78. The second-order valence-electron chi connectivity index (χ2n) is 6.69. The molecule has 26 heavy (non-hydrogen) atoms. The van der Waals surface area contributed by atoms with Crippen molar-refractivity contribution in [3.63, 3.8) is 0 Å². The van der Waals surface area contributed by atoms with Crippen LogP contribution in [0.3, 0.4) is 0 Å². The van der Waals surface area contributed by atoms with E-state index < -0.39 is 0 Å². The quantitative estimate of drug-likeness (QED) is 0.715. The van der Waals surface area contributed by atoms with Gasteiger partial charge in [0.2, 0.25) is 0 Å². The van der Waals surface area contributed by atoms with E-state index in [9.17, 15) is 4.79 Å². The van der Waals surface area contributed by atoms with Crippen LogP contribution < -0.4 is 0 Å². The molecular weight excluding hydrogens is 328 g/mol. The van der Waals surface area contributed by atoms with E-state index in [4.69, 9.17) is 4.74 Å². The fraction of sp³-hybridized carbons (Fsp3) is 0.250. The molecule has 3 heterocycles. The second-order valence-corrected chi connectivity index (χ2v) is 6.69. The minimum Gasteiger partial charge on any atom is -0.368 e. The van der Waals surface area contributed by atoms with Crippen LogP contribution in [0.5, 0.6) is 0 Å². The van der Waals surface area contributed by atoms with Gasteiger partial charge in [-0.25, -0.2) is 4.68 Å². The first kappa shape index (κ1) is 15.3. The minimum atomic E-state index is -0.0412. The topological polar surface area (TPSA) is 60.3 Å². The van der Waals surface area contributed by atoms with Gasteiger partial charge in [-0.2, -0.15) is 0 Å². The molecule has 0 aliphatic carbocycles. The Kier molecular flexibility index (Phi) is 3.57. The number of likely N-dealkylation sites (tertiary alicyclic amines) is 1. The third-order valence-electron chi connectivity index (χ3n) is 5.13. The number of carbonyl (C=O) groups is 1. The molecule has 0 saturated carbocycles. The van der Waals surface area contributed by atoms with Gasteiger partial charge in [0, 0.05) is 24.2 Å². The molecule has 3 aromatic rings. The van der Waals surface area contributed by atoms with Gasteiger partial charge >= 0.3 is 0 Å². The van der Waals surface area contributed by atoms with Gasteiger partial charge in [0.1, 0.15) is 5.69 Å². The highest BCUT2D eigenvalue weighted by molar-refractivity contribution is 5.94. The summed E-state index contributed by atoms with van der Waals surface area (Å²) in [7, 11) is 0. The van der Waals surface area contributed by atoms with E-state index in [2.05, 4.69) is 10.3 Å². The molecule has 2 aliphatic rings. The molecule has 1 aromatic heterocycles. The predicted molar refractivity (Wildman–Crippen MR) is 95.4 cm³/mol. The fourth-order valence-corrected chi connectivity index (χ4v) is 3.80. The summed E-state index contributed by atoms with van der Waals surface area (Å²) in [4.78, 5) is 14.6. The van der Waals surface area contributed by atoms with Gasteiger partial charge in [-0.1, -0.05) is 53.7 Å². The summed E-state index contributed by atoms with van der Waals surface area (Å²) < 4.78 is 8.02. The molecule has 6 nitrogen and oxygen atoms in total. The zero-order valence-electron chi connectivity index (χ0n) is 14.2. The molecule has 0 spiro atoms. The van der Waals surface area contributed by atoms with Crippen LogP contribution in [-0.4, -0.2) is 45.0 Å². The number of rotatable bonds is 2. The summed E-state index contributed by atoms with van der Waals surface area (Å²) >= 11 is 0. The van der Waals surface area contributed by atoms with Gasteiger partial charge in [-0.3, -0.25) is 4.79 Å². The van der Waals surface area contributed by atoms with E-state index in [-0.39, 0.29) is 18.1 Å². The molecule has 2 aromatic carbocycles. The number of hydrogen-bond acceptors (Lipinski definition) is 4. The highest BCUT2D eigenvalue weighted by Crippen LogP contribution is 2.34. The monoisotopic (exact) mass is 346 g/mol. The number of aromatic nitrogens is 3. The van der Waals surface area contributed by atoms with Crippen molar-refractivity contribution in [3.05, 3.63) is 71.9 Å². The first-order valence-corrected chi connectivity index (χ1v) is 8.76. The van der Waals surface area contributed by atoms with Crippen LogP contribution >= 0.6 is 0 Å². The third-order valence-corrected chi connectivity index (χ3v) is 5.13. The van der Waals surface area contributed by atoms with Gasteiger partial charge in [-0.05, 0) is 12.1 Å². The minimum absolute atomic E-state index is 0.0105. The van der Waals surface area contributed by atoms with Crippen LogP contribution in [0.15, 0.2) is 60.7 Å². The van der Waals surface area contributed by atoms with Crippen LogP contribution in [-0.2, 0) is 11.3 Å². The molecule has 1 amide bonds. The lowest BCUT2D eigenvalue weighted by Crippen LogP contribution is -2.32. The maximum atomic E-state index is 12.8. The van der Waals surface area contributed by atoms with Crippen molar-refractivity contribution >= 4 is 5.91 Å². The lowest BCUT2D eigenvalue weighted by Gasteiger charge is -2.26. The lowest BCUT2D eigenvalue weighted by molar-refractivity contribution is -0.00462. The zero-order chi connectivity index (χ0) is 17.5. The summed E-state index contributed by atoms with van der Waals surface area (Å²) in [6.45, 7) is 1.63. The first-order valence-electron chi connectivity index (χ1n) is 8.76. The van der Waals surface area contributed by atoms with Gasteiger partial charge in [0.25, 0.3) is 5.91 Å². The standard InChI is InChI=1S/C20H18N4O2/c25-20(15-9-5-2-6-10-15)23-11-16-18(12-23)26-13-17-19(21-22-24(16)17)14-7-3-1-4-8-14/h1-10,16,18H,11-13H2/t16-,18-/m1/s1. The lowest BCUT2D eigenvalue weighted by atomic mass is 10.1. The molecule has 130 valence electrons. The molecule has 0 unspecified atom stereocenters. The van der Waals surface area contributed by atoms with E-state index in [0.717, 1.165) is 17.0 Å². The Bertz CT molecular complexity index is 939. The van der Waals surface area contributed by atoms with Crippen molar-refractivity contribution in [2.45, 2.75) is 18.8 Å². The largest absolute Gasteiger partial charge is 0.368 e. The molecule has 6 heteroatoms. The van der Waals surface area contributed by atoms with E-state index in [1.54, 1.807) is 0 Å². The van der Waals surface area contributed by atoms with Crippen LogP contribution in [0.25, 0.3) is 11.3 Å². The maximum Gasteiger partial charge on any atom is 0.254 e. The SMILES string of the molecule is O=C(c1ccccc1)N1C[C@@H]2[C@@H](C1)OCc1c(-c3ccccc3)nnn12. The highest BCUT2D eigenvalue weighted by atomic mass is 16.5. The van der Waals surface area contributed by atoms with Crippen LogP contribution in [0.4, 0.5) is 0 Å². The number of carbonyl (C=O) groups excluding carboxylic acids is 1. The number of benzene rings is 2. The zero-order valence-corrected chi connectivity index (χ0v) is 14.2. The van der Waals surface area contributed by atoms with Gasteiger partial charge in [0.15, 0.2) is 0 Å². The number of hydrogen-bond donors (Lipinski definition) is 0. The molecule has 0 N–H and O–H groups in total. The fourth-order valence-electron chi connectivity index (χ4n) is 3.80. The highest BCUT2D eigenvalue weighted by Gasteiger charge is 2.42. The first-order chi connectivity index (χ1) is 12.8. The molecular formula is C20H18N4O2. The predicted octanol–water partition coefficient (Wildman–Crippen LogP) is 2.54. The summed E-state index contributed by atoms with van der Waals surface area (Å²) in [5.74, 6) is 0.0357. The van der Waals surface area contributed by atoms with Crippen molar-refractivity contribution in [1.29, 1.82) is 0 Å². The normalized spacial score (nSPS) is 21.3. The molecule has 1 saturated heterocycles. The molecule has 1 fully saturated rings. The number of ether oxygens (including phenoxy) is 1. The smallest absolute Gasteiger partial charge is 0.254 e. The Morgan fingerprint density at radius 1 is 1.00 bits per heavy atom. The summed E-state index contributed by atoms with van der Waals surface area (Å²) in [6, 6.07) is 19.4. The second kappa shape index (κ2) is 6.07. The van der Waals surface area contributed by atoms with Crippen molar-refractivity contribution in [3.8, 4) is 11.3 Å². The molecule has 2 aliphatic heterocycles. The Labute approximate surface area is 151 Å². The Balaban J connectivity index is 1.43. The number of nitrogens with zero attached hydrogens (tertiary/aromatic N) is 4. The third kappa shape index (κ3) is 2.42. The van der Waals surface area contributed by atoms with Crippen molar-refractivity contribution in [1.82, 2.24) is 19.9 Å². The van der Waals surface area contributed by atoms with Crippen molar-refractivity contribution in [2.75, 3.05) is 13.1 Å². The van der Waals surface area contributed by atoms with E-state index in [1.165, 1.54) is 0 Å². The number of fused-ring (bicyclic) bond motifs is 3. The van der Waals surface area contributed by atoms with Gasteiger partial charge in [0.05, 0.1) is 24.4 Å². The van der Waals surface area contributed by atoms with Crippen LogP contribution in [0.1, 0.15) is 22.1 Å². The number of amides is 1. The van der Waals surface area contributed by atoms with Crippen LogP contribution in [0.2, 0.25) is 0 Å². The van der Waals surface area contributed by atoms with Crippen LogP contribution in [0, 0.1) is 0 Å². The van der Waals surface area contributed by atoms with Gasteiger partial charge in [-0.15, -0.1) is 5.10 Å². The van der Waals surface area contributed by atoms with E-state index in [0.29, 0.717) is 25.3 Å². The Morgan fingerprint density at radius 2 is 1.73 bits per heavy atom. The molecule has 5 rings (SSSR count). The average molecular weight is 346 g/mol. The Morgan fingerprint density at radius 3 is 2.50 bits per heavy atom. The summed E-state index contributed by atoms with van der Waals surface area (Å²) in [6.07, 6.45) is -0.0412. The molecule has 2 atom stereocenters. The van der Waals surface area contributed by atoms with Crippen molar-refractivity contribution in [2.24, 2.45) is 0 Å². The van der Waals surface area contributed by atoms with E-state index in [1.807, 2.05) is 70.2 Å². The molecule has 0 bridgehead atoms. The maximum absolute atomic E-state index is 12.8. The Hall–Kier alpha value is -2.99. The molecule has 0 radical (unpaired) electrons. The van der Waals surface area contributed by atoms with Gasteiger partial charge < -0.3 is 9.64 Å². The van der Waals surface area contributed by atoms with E-state index >= 15 is 0 Å².